The lowest BCUT2D eigenvalue weighted by atomic mass is 10.1. The molecule has 0 heterocycles. The van der Waals surface area contributed by atoms with Gasteiger partial charge in [0.25, 0.3) is 0 Å². The van der Waals surface area contributed by atoms with Crippen LogP contribution >= 0.6 is 0 Å². The number of alkyl halides is 7. The SMILES string of the molecule is CCCCCCCCCCCCOC(=O)CCC.O=C(O)C(F)(F)C(F)(F)C(F)(F)F. The van der Waals surface area contributed by atoms with Crippen LogP contribution in [-0.2, 0) is 14.3 Å². The summed E-state index contributed by atoms with van der Waals surface area (Å²) in [5.74, 6) is -16.3. The van der Waals surface area contributed by atoms with Crippen LogP contribution in [0.3, 0.4) is 0 Å². The van der Waals surface area contributed by atoms with E-state index in [9.17, 15) is 40.3 Å². The van der Waals surface area contributed by atoms with E-state index >= 15 is 0 Å². The van der Waals surface area contributed by atoms with Crippen molar-refractivity contribution >= 4 is 11.9 Å². The molecule has 11 heteroatoms. The Morgan fingerprint density at radius 2 is 1.13 bits per heavy atom. The van der Waals surface area contributed by atoms with E-state index in [0.717, 1.165) is 12.8 Å². The number of carboxylic acid groups (broad SMARTS) is 1. The van der Waals surface area contributed by atoms with E-state index in [1.54, 1.807) is 0 Å². The number of carboxylic acids is 1. The molecule has 0 aliphatic rings. The van der Waals surface area contributed by atoms with Gasteiger partial charge in [0.1, 0.15) is 0 Å². The smallest absolute Gasteiger partial charge is 0.460 e. The van der Waals surface area contributed by atoms with Crippen LogP contribution in [0.2, 0.25) is 0 Å². The Morgan fingerprint density at radius 1 is 0.710 bits per heavy atom. The Labute approximate surface area is 178 Å². The van der Waals surface area contributed by atoms with Gasteiger partial charge in [0.2, 0.25) is 0 Å². The molecule has 0 rings (SSSR count). The Hall–Kier alpha value is -1.55. The quantitative estimate of drug-likeness (QED) is 0.157. The van der Waals surface area contributed by atoms with Gasteiger partial charge in [-0.15, -0.1) is 0 Å². The molecule has 0 aromatic rings. The van der Waals surface area contributed by atoms with Crippen molar-refractivity contribution in [2.24, 2.45) is 0 Å². The molecule has 0 aromatic heterocycles. The molecule has 1 N–H and O–H groups in total. The van der Waals surface area contributed by atoms with Crippen molar-refractivity contribution in [3.8, 4) is 0 Å². The van der Waals surface area contributed by atoms with E-state index in [4.69, 9.17) is 9.84 Å². The zero-order valence-electron chi connectivity index (χ0n) is 18.0. The summed E-state index contributed by atoms with van der Waals surface area (Å²) in [6, 6.07) is 0. The van der Waals surface area contributed by atoms with Gasteiger partial charge in [0.05, 0.1) is 6.61 Å². The van der Waals surface area contributed by atoms with Crippen LogP contribution in [0.4, 0.5) is 30.7 Å². The van der Waals surface area contributed by atoms with Crippen molar-refractivity contribution < 1.29 is 50.2 Å². The topological polar surface area (TPSA) is 63.6 Å². The number of carbonyl (C=O) groups excluding carboxylic acids is 1. The van der Waals surface area contributed by atoms with Crippen molar-refractivity contribution in [3.63, 3.8) is 0 Å². The molecule has 0 atom stereocenters. The minimum Gasteiger partial charge on any atom is -0.477 e. The second kappa shape index (κ2) is 16.1. The maximum Gasteiger partial charge on any atom is 0.460 e. The van der Waals surface area contributed by atoms with E-state index in [1.165, 1.54) is 57.8 Å². The van der Waals surface area contributed by atoms with Crippen molar-refractivity contribution in [1.82, 2.24) is 0 Å². The van der Waals surface area contributed by atoms with Crippen LogP contribution < -0.4 is 0 Å². The van der Waals surface area contributed by atoms with E-state index in [-0.39, 0.29) is 5.97 Å². The van der Waals surface area contributed by atoms with Crippen LogP contribution in [-0.4, -0.2) is 41.7 Å². The van der Waals surface area contributed by atoms with E-state index in [0.29, 0.717) is 13.0 Å². The van der Waals surface area contributed by atoms with Gasteiger partial charge in [-0.05, 0) is 12.8 Å². The average Bonchev–Trinajstić information content (AvgIpc) is 2.65. The predicted octanol–water partition coefficient (Wildman–Crippen LogP) is 7.15. The second-order valence-electron chi connectivity index (χ2n) is 7.10. The Kier molecular flexibility index (Phi) is 16.5. The third-order valence-electron chi connectivity index (χ3n) is 4.23. The first-order chi connectivity index (χ1) is 14.3. The molecule has 0 aliphatic heterocycles. The normalized spacial score (nSPS) is 12.2. The molecule has 0 radical (unpaired) electrons. The van der Waals surface area contributed by atoms with Crippen molar-refractivity contribution in [2.75, 3.05) is 6.61 Å². The number of halogens is 7. The molecule has 0 fully saturated rings. The third kappa shape index (κ3) is 13.5. The first-order valence-corrected chi connectivity index (χ1v) is 10.5. The molecule has 0 aromatic carbocycles. The van der Waals surface area contributed by atoms with Crippen LogP contribution in [0.15, 0.2) is 0 Å². The highest BCUT2D eigenvalue weighted by Gasteiger charge is 2.76. The van der Waals surface area contributed by atoms with Gasteiger partial charge in [-0.2, -0.15) is 30.7 Å². The van der Waals surface area contributed by atoms with E-state index in [1.807, 2.05) is 6.92 Å². The van der Waals surface area contributed by atoms with Gasteiger partial charge in [-0.1, -0.05) is 71.6 Å². The third-order valence-corrected chi connectivity index (χ3v) is 4.23. The highest BCUT2D eigenvalue weighted by Crippen LogP contribution is 2.46. The molecule has 4 nitrogen and oxygen atoms in total. The maximum atomic E-state index is 11.8. The number of esters is 1. The lowest BCUT2D eigenvalue weighted by Crippen LogP contribution is -2.56. The molecule has 0 saturated heterocycles. The van der Waals surface area contributed by atoms with Gasteiger partial charge in [0, 0.05) is 6.42 Å². The number of rotatable bonds is 15. The molecule has 31 heavy (non-hydrogen) atoms. The summed E-state index contributed by atoms with van der Waals surface area (Å²) in [4.78, 5) is 20.5. The van der Waals surface area contributed by atoms with Gasteiger partial charge in [-0.25, -0.2) is 4.79 Å². The maximum absolute atomic E-state index is 11.8. The zero-order valence-corrected chi connectivity index (χ0v) is 18.0. The lowest BCUT2D eigenvalue weighted by molar-refractivity contribution is -0.347. The van der Waals surface area contributed by atoms with Crippen molar-refractivity contribution in [3.05, 3.63) is 0 Å². The fourth-order valence-electron chi connectivity index (χ4n) is 2.36. The number of aliphatic carboxylic acids is 1. The number of hydrogen-bond donors (Lipinski definition) is 1. The minimum atomic E-state index is -6.60. The number of ether oxygens (including phenoxy) is 1. The van der Waals surface area contributed by atoms with Crippen LogP contribution in [0.25, 0.3) is 0 Å². The molecule has 0 spiro atoms. The second-order valence-corrected chi connectivity index (χ2v) is 7.10. The largest absolute Gasteiger partial charge is 0.477 e. The van der Waals surface area contributed by atoms with Crippen LogP contribution in [0.1, 0.15) is 90.9 Å². The summed E-state index contributed by atoms with van der Waals surface area (Å²) < 4.78 is 85.6. The zero-order chi connectivity index (χ0) is 24.6. The van der Waals surface area contributed by atoms with Gasteiger partial charge in [0.15, 0.2) is 0 Å². The molecule has 0 amide bonds. The summed E-state index contributed by atoms with van der Waals surface area (Å²) in [5.41, 5.74) is 0. The van der Waals surface area contributed by atoms with Gasteiger partial charge < -0.3 is 9.84 Å². The minimum absolute atomic E-state index is 0.0339. The molecule has 0 aliphatic carbocycles. The highest BCUT2D eigenvalue weighted by molar-refractivity contribution is 5.76. The summed E-state index contributed by atoms with van der Waals surface area (Å²) in [7, 11) is 0. The van der Waals surface area contributed by atoms with E-state index in [2.05, 4.69) is 6.92 Å². The standard InChI is InChI=1S/C16H32O2.C4HF7O2/c1-3-5-6-7-8-9-10-11-12-13-15-18-16(17)14-4-2;5-2(6,1(12)13)3(7,8)4(9,10)11/h3-15H2,1-2H3;(H,12,13). The number of hydrogen-bond acceptors (Lipinski definition) is 3. The lowest BCUT2D eigenvalue weighted by Gasteiger charge is -2.24. The molecule has 0 unspecified atom stereocenters. The van der Waals surface area contributed by atoms with Gasteiger partial charge in [-0.3, -0.25) is 4.79 Å². The monoisotopic (exact) mass is 470 g/mol. The molecular weight excluding hydrogens is 437 g/mol. The number of carbonyl (C=O) groups is 2. The predicted molar refractivity (Wildman–Crippen MR) is 101 cm³/mol. The van der Waals surface area contributed by atoms with Crippen LogP contribution in [0.5, 0.6) is 0 Å². The first-order valence-electron chi connectivity index (χ1n) is 10.5. The van der Waals surface area contributed by atoms with Crippen molar-refractivity contribution in [1.29, 1.82) is 0 Å². The summed E-state index contributed by atoms with van der Waals surface area (Å²) in [5, 5.41) is 7.41. The fraction of sp³-hybridized carbons (Fsp3) is 0.900. The highest BCUT2D eigenvalue weighted by atomic mass is 19.4. The summed E-state index contributed by atoms with van der Waals surface area (Å²) in [6.45, 7) is 4.88. The van der Waals surface area contributed by atoms with Crippen molar-refractivity contribution in [2.45, 2.75) is 109 Å². The molecule has 0 bridgehead atoms. The molecular formula is C20H33F7O4. The molecule has 0 saturated carbocycles. The average molecular weight is 470 g/mol. The fourth-order valence-corrected chi connectivity index (χ4v) is 2.36. The Balaban J connectivity index is 0. The van der Waals surface area contributed by atoms with Gasteiger partial charge >= 0.3 is 30.0 Å². The number of unbranched alkanes of at least 4 members (excludes halogenated alkanes) is 9. The molecule has 186 valence electrons. The van der Waals surface area contributed by atoms with E-state index < -0.39 is 24.0 Å². The summed E-state index contributed by atoms with van der Waals surface area (Å²) >= 11 is 0. The van der Waals surface area contributed by atoms with Crippen LogP contribution in [0, 0.1) is 0 Å². The Morgan fingerprint density at radius 3 is 1.45 bits per heavy atom. The summed E-state index contributed by atoms with van der Waals surface area (Å²) in [6.07, 6.45) is 8.02. The Bertz CT molecular complexity index is 494. The first kappa shape index (κ1) is 31.6.